The largest absolute Gasteiger partial charge is 0.272 e. The van der Waals surface area contributed by atoms with Crippen LogP contribution in [-0.2, 0) is 0 Å². The molecular formula is C21H21N3OS. The van der Waals surface area contributed by atoms with Crippen LogP contribution in [0.5, 0.6) is 0 Å². The molecule has 0 unspecified atom stereocenters. The van der Waals surface area contributed by atoms with Crippen LogP contribution in [0.3, 0.4) is 0 Å². The Bertz CT molecular complexity index is 963. The van der Waals surface area contributed by atoms with Crippen LogP contribution in [-0.4, -0.2) is 16.6 Å². The van der Waals surface area contributed by atoms with Crippen LogP contribution < -0.4 is 5.43 Å². The molecule has 2 aromatic heterocycles. The van der Waals surface area contributed by atoms with Crippen molar-refractivity contribution in [2.24, 2.45) is 11.0 Å². The summed E-state index contributed by atoms with van der Waals surface area (Å²) >= 11 is 1.62. The van der Waals surface area contributed by atoms with Crippen molar-refractivity contribution in [2.75, 3.05) is 0 Å². The van der Waals surface area contributed by atoms with Gasteiger partial charge in [-0.05, 0) is 48.8 Å². The molecule has 2 heterocycles. The molecule has 0 saturated heterocycles. The molecule has 0 bridgehead atoms. The number of carbonyl (C=O) groups excluding carboxylic acids is 1. The van der Waals surface area contributed by atoms with E-state index in [2.05, 4.69) is 17.5 Å². The van der Waals surface area contributed by atoms with Crippen molar-refractivity contribution in [2.45, 2.75) is 32.6 Å². The molecule has 1 amide bonds. The Morgan fingerprint density at radius 3 is 2.92 bits per heavy atom. The van der Waals surface area contributed by atoms with Crippen molar-refractivity contribution in [3.63, 3.8) is 0 Å². The zero-order valence-corrected chi connectivity index (χ0v) is 15.6. The summed E-state index contributed by atoms with van der Waals surface area (Å²) in [5.41, 5.74) is 6.15. The summed E-state index contributed by atoms with van der Waals surface area (Å²) in [5.74, 6) is 0.270. The number of amides is 1. The van der Waals surface area contributed by atoms with E-state index in [-0.39, 0.29) is 5.91 Å². The van der Waals surface area contributed by atoms with Gasteiger partial charge < -0.3 is 0 Å². The molecule has 3 aromatic rings. The summed E-state index contributed by atoms with van der Waals surface area (Å²) in [6, 6.07) is 13.6. The maximum absolute atomic E-state index is 12.9. The van der Waals surface area contributed by atoms with Crippen LogP contribution in [0.4, 0.5) is 0 Å². The van der Waals surface area contributed by atoms with Crippen molar-refractivity contribution >= 4 is 33.9 Å². The van der Waals surface area contributed by atoms with Gasteiger partial charge in [-0.1, -0.05) is 37.6 Å². The molecular weight excluding hydrogens is 342 g/mol. The Morgan fingerprint density at radius 1 is 1.23 bits per heavy atom. The Labute approximate surface area is 157 Å². The van der Waals surface area contributed by atoms with E-state index in [0.29, 0.717) is 11.5 Å². The predicted molar refractivity (Wildman–Crippen MR) is 108 cm³/mol. The number of para-hydroxylation sites is 1. The second-order valence-corrected chi connectivity index (χ2v) is 7.69. The van der Waals surface area contributed by atoms with Crippen LogP contribution in [0.2, 0.25) is 0 Å². The molecule has 5 heteroatoms. The highest BCUT2D eigenvalue weighted by Gasteiger charge is 2.18. The number of carbonyl (C=O) groups is 1. The topological polar surface area (TPSA) is 54.4 Å². The SMILES string of the molecule is C[C@H]1CCCCC1=NNC(=O)c1cc(-c2cccs2)nc2ccccc12. The molecule has 0 spiro atoms. The fourth-order valence-corrected chi connectivity index (χ4v) is 4.12. The highest BCUT2D eigenvalue weighted by molar-refractivity contribution is 7.13. The summed E-state index contributed by atoms with van der Waals surface area (Å²) in [6.45, 7) is 2.18. The lowest BCUT2D eigenvalue weighted by molar-refractivity contribution is 0.0956. The number of aromatic nitrogens is 1. The molecule has 1 atom stereocenters. The van der Waals surface area contributed by atoms with Gasteiger partial charge in [0.2, 0.25) is 0 Å². The fraction of sp³-hybridized carbons (Fsp3) is 0.286. The molecule has 1 aromatic carbocycles. The minimum Gasteiger partial charge on any atom is -0.267 e. The van der Waals surface area contributed by atoms with Crippen LogP contribution in [0.15, 0.2) is 52.9 Å². The van der Waals surface area contributed by atoms with Gasteiger partial charge in [0.1, 0.15) is 0 Å². The Kier molecular flexibility index (Phi) is 4.80. The lowest BCUT2D eigenvalue weighted by Crippen LogP contribution is -2.24. The van der Waals surface area contributed by atoms with E-state index < -0.39 is 0 Å². The van der Waals surface area contributed by atoms with Crippen LogP contribution >= 0.6 is 11.3 Å². The minimum absolute atomic E-state index is 0.174. The third-order valence-electron chi connectivity index (χ3n) is 4.92. The molecule has 4 nitrogen and oxygen atoms in total. The Balaban J connectivity index is 1.70. The number of nitrogens with one attached hydrogen (secondary N) is 1. The van der Waals surface area contributed by atoms with E-state index >= 15 is 0 Å². The van der Waals surface area contributed by atoms with Gasteiger partial charge in [-0.3, -0.25) is 4.79 Å². The molecule has 1 N–H and O–H groups in total. The summed E-state index contributed by atoms with van der Waals surface area (Å²) in [5, 5.41) is 7.30. The third-order valence-corrected chi connectivity index (χ3v) is 5.82. The molecule has 0 radical (unpaired) electrons. The number of nitrogens with zero attached hydrogens (tertiary/aromatic N) is 2. The van der Waals surface area contributed by atoms with E-state index in [1.54, 1.807) is 11.3 Å². The maximum Gasteiger partial charge on any atom is 0.272 e. The monoisotopic (exact) mass is 363 g/mol. The standard InChI is InChI=1S/C21H21N3OS/c1-14-7-2-4-9-17(14)23-24-21(25)16-13-19(20-11-6-12-26-20)22-18-10-5-3-8-15(16)18/h3,5-6,8,10-14H,2,4,7,9H2,1H3,(H,24,25)/t14-/m0/s1. The van der Waals surface area contributed by atoms with Gasteiger partial charge in [0.05, 0.1) is 21.7 Å². The maximum atomic E-state index is 12.9. The summed E-state index contributed by atoms with van der Waals surface area (Å²) < 4.78 is 0. The van der Waals surface area contributed by atoms with Crippen LogP contribution in [0.25, 0.3) is 21.5 Å². The van der Waals surface area contributed by atoms with Crippen molar-refractivity contribution < 1.29 is 4.79 Å². The highest BCUT2D eigenvalue weighted by Crippen LogP contribution is 2.28. The minimum atomic E-state index is -0.174. The summed E-state index contributed by atoms with van der Waals surface area (Å²) in [7, 11) is 0. The van der Waals surface area contributed by atoms with Gasteiger partial charge in [-0.25, -0.2) is 10.4 Å². The van der Waals surface area contributed by atoms with E-state index in [4.69, 9.17) is 4.98 Å². The van der Waals surface area contributed by atoms with Gasteiger partial charge in [0, 0.05) is 11.1 Å². The van der Waals surface area contributed by atoms with Crippen molar-refractivity contribution in [3.05, 3.63) is 53.4 Å². The average molecular weight is 363 g/mol. The zero-order valence-electron chi connectivity index (χ0n) is 14.7. The van der Waals surface area contributed by atoms with E-state index in [0.717, 1.165) is 46.4 Å². The first-order valence-corrected chi connectivity index (χ1v) is 9.91. The normalized spacial score (nSPS) is 19.0. The zero-order chi connectivity index (χ0) is 17.9. The first-order chi connectivity index (χ1) is 12.7. The lowest BCUT2D eigenvalue weighted by atomic mass is 9.89. The van der Waals surface area contributed by atoms with Crippen LogP contribution in [0, 0.1) is 5.92 Å². The number of benzene rings is 1. The summed E-state index contributed by atoms with van der Waals surface area (Å²) in [6.07, 6.45) is 4.52. The van der Waals surface area contributed by atoms with Crippen molar-refractivity contribution in [1.82, 2.24) is 10.4 Å². The van der Waals surface area contributed by atoms with Gasteiger partial charge in [-0.2, -0.15) is 5.10 Å². The van der Waals surface area contributed by atoms with Crippen LogP contribution in [0.1, 0.15) is 43.0 Å². The summed E-state index contributed by atoms with van der Waals surface area (Å²) in [4.78, 5) is 18.7. The molecule has 26 heavy (non-hydrogen) atoms. The van der Waals surface area contributed by atoms with Gasteiger partial charge >= 0.3 is 0 Å². The fourth-order valence-electron chi connectivity index (χ4n) is 3.43. The molecule has 0 aliphatic heterocycles. The first-order valence-electron chi connectivity index (χ1n) is 9.03. The van der Waals surface area contributed by atoms with Gasteiger partial charge in [0.15, 0.2) is 0 Å². The molecule has 1 aliphatic carbocycles. The predicted octanol–water partition coefficient (Wildman–Crippen LogP) is 5.26. The molecule has 1 aliphatic rings. The average Bonchev–Trinajstić information content (AvgIpc) is 3.21. The number of thiophene rings is 1. The van der Waals surface area contributed by atoms with Gasteiger partial charge in [-0.15, -0.1) is 11.3 Å². The second-order valence-electron chi connectivity index (χ2n) is 6.74. The quantitative estimate of drug-likeness (QED) is 0.645. The number of rotatable bonds is 3. The Hall–Kier alpha value is -2.53. The smallest absolute Gasteiger partial charge is 0.267 e. The number of hydrogen-bond donors (Lipinski definition) is 1. The number of hydrazone groups is 1. The molecule has 1 saturated carbocycles. The third kappa shape index (κ3) is 3.40. The van der Waals surface area contributed by atoms with Gasteiger partial charge in [0.25, 0.3) is 5.91 Å². The van der Waals surface area contributed by atoms with Crippen molar-refractivity contribution in [1.29, 1.82) is 0 Å². The first kappa shape index (κ1) is 16.9. The highest BCUT2D eigenvalue weighted by atomic mass is 32.1. The number of pyridine rings is 1. The van der Waals surface area contributed by atoms with E-state index in [1.165, 1.54) is 6.42 Å². The lowest BCUT2D eigenvalue weighted by Gasteiger charge is -2.19. The Morgan fingerprint density at radius 2 is 2.12 bits per heavy atom. The number of hydrogen-bond acceptors (Lipinski definition) is 4. The number of fused-ring (bicyclic) bond motifs is 1. The van der Waals surface area contributed by atoms with E-state index in [1.807, 2.05) is 47.8 Å². The second kappa shape index (κ2) is 7.38. The molecule has 1 fully saturated rings. The van der Waals surface area contributed by atoms with Crippen molar-refractivity contribution in [3.8, 4) is 10.6 Å². The van der Waals surface area contributed by atoms with E-state index in [9.17, 15) is 4.79 Å². The molecule has 132 valence electrons. The molecule has 4 rings (SSSR count).